The molecule has 4 rings (SSSR count). The number of likely N-dealkylation sites (tertiary alicyclic amines) is 1. The first-order valence-corrected chi connectivity index (χ1v) is 22.0. The van der Waals surface area contributed by atoms with E-state index in [0.29, 0.717) is 37.4 Å². The minimum atomic E-state index is -0.956. The molecule has 12 nitrogen and oxygen atoms in total. The van der Waals surface area contributed by atoms with Crippen molar-refractivity contribution in [2.75, 3.05) is 26.7 Å². The maximum Gasteiger partial charge on any atom is 0.306 e. The maximum absolute atomic E-state index is 15.0. The summed E-state index contributed by atoms with van der Waals surface area (Å²) in [5.41, 5.74) is 2.05. The van der Waals surface area contributed by atoms with Crippen LogP contribution in [0.3, 0.4) is 0 Å². The second kappa shape index (κ2) is 23.3. The Morgan fingerprint density at radius 3 is 2.34 bits per heavy atom. The number of piperidine rings is 1. The Kier molecular flexibility index (Phi) is 18.6. The number of aromatic nitrogens is 1. The van der Waals surface area contributed by atoms with Gasteiger partial charge in [-0.25, -0.2) is 4.98 Å². The number of carbonyl (C=O) groups is 4. The van der Waals surface area contributed by atoms with Gasteiger partial charge in [-0.1, -0.05) is 102 Å². The molecule has 0 aliphatic carbocycles. The molecule has 13 heteroatoms. The van der Waals surface area contributed by atoms with E-state index >= 15 is 0 Å². The van der Waals surface area contributed by atoms with E-state index in [1.807, 2.05) is 75.2 Å². The van der Waals surface area contributed by atoms with Crippen molar-refractivity contribution in [3.8, 4) is 5.75 Å². The predicted octanol–water partition coefficient (Wildman–Crippen LogP) is 7.35. The minimum Gasteiger partial charge on any atom is -0.508 e. The van der Waals surface area contributed by atoms with Gasteiger partial charge in [0.1, 0.15) is 28.6 Å². The monoisotopic (exact) mass is 831 g/mol. The predicted molar refractivity (Wildman–Crippen MR) is 233 cm³/mol. The van der Waals surface area contributed by atoms with Gasteiger partial charge in [0.25, 0.3) is 5.91 Å². The number of aromatic hydroxyl groups is 1. The number of carbonyl (C=O) groups excluding carboxylic acids is 3. The lowest BCUT2D eigenvalue weighted by Crippen LogP contribution is -2.58. The van der Waals surface area contributed by atoms with Crippen LogP contribution < -0.4 is 10.6 Å². The van der Waals surface area contributed by atoms with Gasteiger partial charge in [-0.3, -0.25) is 24.1 Å². The highest BCUT2D eigenvalue weighted by atomic mass is 32.1. The summed E-state index contributed by atoms with van der Waals surface area (Å²) in [5, 5.41) is 27.9. The van der Waals surface area contributed by atoms with Crippen molar-refractivity contribution in [3.05, 3.63) is 87.9 Å². The molecular weight excluding hydrogens is 767 g/mol. The number of rotatable bonds is 22. The fraction of sp³-hybridized carbons (Fsp3) is 0.543. The molecule has 1 aromatic heterocycles. The zero-order valence-corrected chi connectivity index (χ0v) is 36.6. The van der Waals surface area contributed by atoms with Crippen LogP contribution in [-0.2, 0) is 25.5 Å². The van der Waals surface area contributed by atoms with E-state index < -0.39 is 36.0 Å². The fourth-order valence-corrected chi connectivity index (χ4v) is 8.49. The number of phenols is 1. The van der Waals surface area contributed by atoms with Gasteiger partial charge in [0.2, 0.25) is 11.8 Å². The van der Waals surface area contributed by atoms with Crippen molar-refractivity contribution >= 4 is 41.1 Å². The zero-order chi connectivity index (χ0) is 43.1. The van der Waals surface area contributed by atoms with Crippen LogP contribution in [0, 0.1) is 17.8 Å². The van der Waals surface area contributed by atoms with Crippen molar-refractivity contribution in [3.63, 3.8) is 0 Å². The number of benzene rings is 2. The van der Waals surface area contributed by atoms with Crippen molar-refractivity contribution in [2.24, 2.45) is 17.8 Å². The van der Waals surface area contributed by atoms with Crippen molar-refractivity contribution < 1.29 is 34.1 Å². The molecule has 0 radical (unpaired) electrons. The molecule has 1 saturated heterocycles. The van der Waals surface area contributed by atoms with Crippen LogP contribution in [0.5, 0.6) is 5.75 Å². The highest BCUT2D eigenvalue weighted by molar-refractivity contribution is 7.09. The quantitative estimate of drug-likeness (QED) is 0.0812. The average molecular weight is 832 g/mol. The largest absolute Gasteiger partial charge is 0.508 e. The first-order valence-electron chi connectivity index (χ1n) is 21.1. The summed E-state index contributed by atoms with van der Waals surface area (Å²) < 4.78 is 6.34. The lowest BCUT2D eigenvalue weighted by Gasteiger charge is -2.40. The fourth-order valence-electron chi connectivity index (χ4n) is 7.63. The van der Waals surface area contributed by atoms with E-state index in [1.165, 1.54) is 11.3 Å². The van der Waals surface area contributed by atoms with Crippen molar-refractivity contribution in [1.29, 1.82) is 0 Å². The first-order chi connectivity index (χ1) is 28.2. The zero-order valence-electron chi connectivity index (χ0n) is 35.8. The summed E-state index contributed by atoms with van der Waals surface area (Å²) >= 11 is 1.31. The molecule has 2 heterocycles. The summed E-state index contributed by atoms with van der Waals surface area (Å²) in [7, 11) is 1.97. The van der Waals surface area contributed by atoms with Gasteiger partial charge in [0.15, 0.2) is 0 Å². The molecule has 7 atom stereocenters. The summed E-state index contributed by atoms with van der Waals surface area (Å²) in [6, 6.07) is 14.7. The number of hydrogen-bond acceptors (Lipinski definition) is 9. The molecule has 0 saturated carbocycles. The number of aliphatic carboxylic acids is 1. The Morgan fingerprint density at radius 1 is 1.00 bits per heavy atom. The molecule has 2 aromatic carbocycles. The number of nitrogens with zero attached hydrogens (tertiary/aromatic N) is 3. The second-order valence-electron chi connectivity index (χ2n) is 16.2. The highest BCUT2D eigenvalue weighted by Crippen LogP contribution is 2.32. The Bertz CT molecular complexity index is 1820. The van der Waals surface area contributed by atoms with Gasteiger partial charge in [-0.2, -0.15) is 0 Å². The number of likely N-dealkylation sites (N-methyl/N-ethyl adjacent to an activating group) is 1. The van der Waals surface area contributed by atoms with E-state index in [2.05, 4.69) is 29.4 Å². The topological polar surface area (TPSA) is 161 Å². The Labute approximate surface area is 354 Å². The van der Waals surface area contributed by atoms with Crippen LogP contribution in [0.25, 0.3) is 6.08 Å². The molecule has 0 unspecified atom stereocenters. The third-order valence-corrected chi connectivity index (χ3v) is 12.3. The summed E-state index contributed by atoms with van der Waals surface area (Å²) in [4.78, 5) is 63.0. The number of carboxylic acid groups (broad SMARTS) is 1. The number of phenolic OH excluding ortho intramolecular Hbond substituents is 1. The molecular formula is C46H65N5O7S. The molecule has 4 N–H and O–H groups in total. The number of thiazole rings is 1. The number of carboxylic acids is 1. The summed E-state index contributed by atoms with van der Waals surface area (Å²) in [6.45, 7) is 13.2. The van der Waals surface area contributed by atoms with E-state index in [0.717, 1.165) is 36.9 Å². The van der Waals surface area contributed by atoms with Crippen LogP contribution in [0.2, 0.25) is 0 Å². The maximum atomic E-state index is 15.0. The van der Waals surface area contributed by atoms with Crippen LogP contribution in [0.4, 0.5) is 0 Å². The van der Waals surface area contributed by atoms with Gasteiger partial charge >= 0.3 is 5.97 Å². The third kappa shape index (κ3) is 14.0. The molecule has 3 amide bonds. The van der Waals surface area contributed by atoms with Gasteiger partial charge in [-0.15, -0.1) is 11.3 Å². The number of ether oxygens (including phenoxy) is 1. The van der Waals surface area contributed by atoms with E-state index in [9.17, 15) is 29.4 Å². The Balaban J connectivity index is 1.62. The third-order valence-electron chi connectivity index (χ3n) is 11.4. The average Bonchev–Trinajstić information content (AvgIpc) is 3.72. The van der Waals surface area contributed by atoms with E-state index in [1.54, 1.807) is 36.6 Å². The lowest BCUT2D eigenvalue weighted by molar-refractivity contribution is -0.142. The van der Waals surface area contributed by atoms with Crippen molar-refractivity contribution in [2.45, 2.75) is 117 Å². The summed E-state index contributed by atoms with van der Waals surface area (Å²) in [6.07, 6.45) is 7.91. The molecule has 3 aromatic rings. The van der Waals surface area contributed by atoms with Crippen LogP contribution in [-0.4, -0.2) is 99.6 Å². The molecule has 1 aliphatic heterocycles. The van der Waals surface area contributed by atoms with Crippen LogP contribution in [0.1, 0.15) is 113 Å². The molecule has 0 bridgehead atoms. The lowest BCUT2D eigenvalue weighted by atomic mass is 9.92. The Hall–Kier alpha value is -4.59. The molecule has 0 spiro atoms. The SMILES string of the molecule is CCO[C@H](C[C@H](C(C)C)N(C/C=C/c1ccccc1)C(=O)[C@@H](NC(=O)[C@H]1CCCCN1C)[C@@H](C)CC)c1nc(C(=O)N[C@@H](Cc2ccc(O)cc2)C[C@H](C)C(=O)O)cs1. The van der Waals surface area contributed by atoms with Gasteiger partial charge in [-0.05, 0) is 81.3 Å². The number of amides is 3. The van der Waals surface area contributed by atoms with Gasteiger partial charge in [0.05, 0.1) is 12.0 Å². The Morgan fingerprint density at radius 2 is 1.71 bits per heavy atom. The highest BCUT2D eigenvalue weighted by Gasteiger charge is 2.38. The van der Waals surface area contributed by atoms with E-state index in [4.69, 9.17) is 9.72 Å². The first kappa shape index (κ1) is 47.1. The van der Waals surface area contributed by atoms with Crippen molar-refractivity contribution in [1.82, 2.24) is 25.4 Å². The number of nitrogens with one attached hydrogen (secondary N) is 2. The molecule has 322 valence electrons. The second-order valence-corrected chi connectivity index (χ2v) is 17.1. The molecule has 1 fully saturated rings. The smallest absolute Gasteiger partial charge is 0.306 e. The van der Waals surface area contributed by atoms with E-state index in [-0.39, 0.29) is 53.6 Å². The number of hydrogen-bond donors (Lipinski definition) is 4. The standard InChI is InChI=1S/C46H65N5O7S/c1-8-31(5)41(49-43(54)38-19-13-14-24-50(38)7)45(55)51(25-15-18-33-16-11-10-12-17-33)39(30(3)4)28-40(58-9-2)44-48-37(29-59-44)42(53)47-35(26-32(6)46(56)57)27-34-20-22-36(52)23-21-34/h10-12,15-18,20-23,29-32,35,38-41,52H,8-9,13-14,19,24-28H2,1-7H3,(H,47,53)(H,49,54)(H,56,57)/b18-15+/t31-,32-,35+,38+,39+,40+,41-/m0/s1. The molecule has 59 heavy (non-hydrogen) atoms. The van der Waals surface area contributed by atoms with Gasteiger partial charge < -0.3 is 30.5 Å². The molecule has 1 aliphatic rings. The minimum absolute atomic E-state index is 0.00981. The normalized spacial score (nSPS) is 17.8. The van der Waals surface area contributed by atoms with Gasteiger partial charge in [0, 0.05) is 37.0 Å². The summed E-state index contributed by atoms with van der Waals surface area (Å²) in [5.74, 6) is -2.35. The van der Waals surface area contributed by atoms with Crippen LogP contribution in [0.15, 0.2) is 66.1 Å². The van der Waals surface area contributed by atoms with Crippen LogP contribution >= 0.6 is 11.3 Å².